The minimum Gasteiger partial charge on any atom is -0.368 e. The van der Waals surface area contributed by atoms with Crippen LogP contribution in [-0.4, -0.2) is 27.0 Å². The molecular formula is C14H21ClN4. The number of fused-ring (bicyclic) bond motifs is 1. The number of nitrogens with zero attached hydrogens (tertiary/aromatic N) is 3. The van der Waals surface area contributed by atoms with Crippen LogP contribution in [0.3, 0.4) is 0 Å². The molecule has 5 heteroatoms. The lowest BCUT2D eigenvalue weighted by molar-refractivity contribution is 0.562. The van der Waals surface area contributed by atoms with Crippen LogP contribution < -0.4 is 5.32 Å². The molecule has 4 nitrogen and oxygen atoms in total. The van der Waals surface area contributed by atoms with Crippen molar-refractivity contribution in [3.8, 4) is 0 Å². The van der Waals surface area contributed by atoms with Crippen LogP contribution >= 0.6 is 11.6 Å². The summed E-state index contributed by atoms with van der Waals surface area (Å²) in [4.78, 5) is 4.39. The molecule has 0 saturated carbocycles. The highest BCUT2D eigenvalue weighted by molar-refractivity contribution is 6.17. The van der Waals surface area contributed by atoms with Gasteiger partial charge in [0.05, 0.1) is 5.69 Å². The summed E-state index contributed by atoms with van der Waals surface area (Å²) in [6, 6.07) is 2.11. The molecule has 2 rings (SSSR count). The van der Waals surface area contributed by atoms with E-state index in [9.17, 15) is 0 Å². The number of nitrogens with one attached hydrogen (secondary N) is 1. The van der Waals surface area contributed by atoms with Crippen LogP contribution in [0.1, 0.15) is 39.3 Å². The minimum absolute atomic E-state index is 0.0436. The highest BCUT2D eigenvalue weighted by Crippen LogP contribution is 2.24. The third-order valence-electron chi connectivity index (χ3n) is 3.01. The minimum atomic E-state index is 0.0436. The van der Waals surface area contributed by atoms with Gasteiger partial charge in [0.1, 0.15) is 5.52 Å². The Morgan fingerprint density at radius 2 is 2.11 bits per heavy atom. The summed E-state index contributed by atoms with van der Waals surface area (Å²) in [6.45, 7) is 7.37. The Morgan fingerprint density at radius 1 is 1.32 bits per heavy atom. The van der Waals surface area contributed by atoms with Crippen LogP contribution in [0.25, 0.3) is 5.52 Å². The number of halogens is 1. The van der Waals surface area contributed by atoms with E-state index in [0.29, 0.717) is 5.88 Å². The molecule has 19 heavy (non-hydrogen) atoms. The van der Waals surface area contributed by atoms with Gasteiger partial charge in [-0.3, -0.25) is 0 Å². The fourth-order valence-corrected chi connectivity index (χ4v) is 2.04. The zero-order valence-corrected chi connectivity index (χ0v) is 12.5. The van der Waals surface area contributed by atoms with Crippen LogP contribution in [-0.2, 0) is 5.41 Å². The first kappa shape index (κ1) is 14.1. The molecule has 0 unspecified atom stereocenters. The van der Waals surface area contributed by atoms with Gasteiger partial charge in [0.25, 0.3) is 0 Å². The van der Waals surface area contributed by atoms with Crippen molar-refractivity contribution >= 4 is 22.9 Å². The van der Waals surface area contributed by atoms with Gasteiger partial charge in [-0.15, -0.1) is 11.6 Å². The van der Waals surface area contributed by atoms with Crippen LogP contribution in [0.2, 0.25) is 0 Å². The van der Waals surface area contributed by atoms with Crippen molar-refractivity contribution in [2.75, 3.05) is 17.7 Å². The van der Waals surface area contributed by atoms with Gasteiger partial charge < -0.3 is 5.32 Å². The number of rotatable bonds is 5. The molecule has 0 amide bonds. The summed E-state index contributed by atoms with van der Waals surface area (Å²) in [5.41, 5.74) is 2.14. The lowest BCUT2D eigenvalue weighted by Gasteiger charge is -2.13. The number of hydrogen-bond acceptors (Lipinski definition) is 3. The second kappa shape index (κ2) is 5.78. The zero-order chi connectivity index (χ0) is 13.9. The van der Waals surface area contributed by atoms with Crippen LogP contribution in [0.4, 0.5) is 5.82 Å². The molecule has 0 radical (unpaired) electrons. The Kier molecular flexibility index (Phi) is 4.30. The molecule has 2 heterocycles. The van der Waals surface area contributed by atoms with Gasteiger partial charge in [-0.25, -0.2) is 9.50 Å². The van der Waals surface area contributed by atoms with Crippen molar-refractivity contribution in [1.29, 1.82) is 0 Å². The largest absolute Gasteiger partial charge is 0.368 e. The molecule has 2 aromatic rings. The number of unbranched alkanes of at least 4 members (excludes halogenated alkanes) is 1. The highest BCUT2D eigenvalue weighted by Gasteiger charge is 2.18. The topological polar surface area (TPSA) is 42.2 Å². The van der Waals surface area contributed by atoms with Gasteiger partial charge in [-0.05, 0) is 18.9 Å². The van der Waals surface area contributed by atoms with Gasteiger partial charge in [0.15, 0.2) is 5.82 Å². The average molecular weight is 281 g/mol. The maximum absolute atomic E-state index is 5.67. The fraction of sp³-hybridized carbons (Fsp3) is 0.571. The molecule has 0 saturated heterocycles. The fourth-order valence-electron chi connectivity index (χ4n) is 1.85. The Bertz CT molecular complexity index is 542. The molecule has 0 aromatic carbocycles. The number of anilines is 1. The number of aromatic nitrogens is 3. The van der Waals surface area contributed by atoms with E-state index in [1.165, 1.54) is 0 Å². The molecule has 0 spiro atoms. The van der Waals surface area contributed by atoms with Crippen LogP contribution in [0.15, 0.2) is 18.5 Å². The van der Waals surface area contributed by atoms with E-state index in [1.807, 2.05) is 10.7 Å². The Balaban J connectivity index is 2.22. The lowest BCUT2D eigenvalue weighted by atomic mass is 9.92. The molecule has 0 aliphatic rings. The molecular weight excluding hydrogens is 260 g/mol. The summed E-state index contributed by atoms with van der Waals surface area (Å²) >= 11 is 5.67. The van der Waals surface area contributed by atoms with Crippen molar-refractivity contribution in [2.24, 2.45) is 0 Å². The first-order valence-corrected chi connectivity index (χ1v) is 7.20. The summed E-state index contributed by atoms with van der Waals surface area (Å²) in [5, 5.41) is 7.96. The van der Waals surface area contributed by atoms with Gasteiger partial charge in [-0.1, -0.05) is 20.8 Å². The standard InChI is InChI=1S/C14H21ClN4/c1-14(2,3)12-10-11-13(16-7-5-4-6-15)17-8-9-19(11)18-12/h8-10H,4-7H2,1-3H3,(H,16,17). The SMILES string of the molecule is CC(C)(C)c1cc2c(NCCCCCl)nccn2n1. The van der Waals surface area contributed by atoms with E-state index in [2.05, 4.69) is 42.2 Å². The molecule has 0 bridgehead atoms. The van der Waals surface area contributed by atoms with E-state index >= 15 is 0 Å². The summed E-state index contributed by atoms with van der Waals surface area (Å²) in [7, 11) is 0. The highest BCUT2D eigenvalue weighted by atomic mass is 35.5. The van der Waals surface area contributed by atoms with Gasteiger partial charge in [0.2, 0.25) is 0 Å². The monoisotopic (exact) mass is 280 g/mol. The third-order valence-corrected chi connectivity index (χ3v) is 3.28. The number of hydrogen-bond donors (Lipinski definition) is 1. The predicted molar refractivity (Wildman–Crippen MR) is 80.1 cm³/mol. The van der Waals surface area contributed by atoms with Crippen molar-refractivity contribution in [3.05, 3.63) is 24.2 Å². The Morgan fingerprint density at radius 3 is 2.79 bits per heavy atom. The molecule has 1 N–H and O–H groups in total. The summed E-state index contributed by atoms with van der Waals surface area (Å²) < 4.78 is 1.89. The normalized spacial score (nSPS) is 12.0. The second-order valence-electron chi connectivity index (χ2n) is 5.71. The maximum atomic E-state index is 5.67. The van der Waals surface area contributed by atoms with Crippen LogP contribution in [0, 0.1) is 0 Å². The maximum Gasteiger partial charge on any atom is 0.152 e. The van der Waals surface area contributed by atoms with E-state index in [0.717, 1.165) is 36.4 Å². The molecule has 0 fully saturated rings. The van der Waals surface area contributed by atoms with Crippen molar-refractivity contribution < 1.29 is 0 Å². The summed E-state index contributed by atoms with van der Waals surface area (Å²) in [5.74, 6) is 1.60. The lowest BCUT2D eigenvalue weighted by Crippen LogP contribution is -2.11. The number of alkyl halides is 1. The molecule has 0 atom stereocenters. The Hall–Kier alpha value is -1.29. The van der Waals surface area contributed by atoms with Crippen molar-refractivity contribution in [3.63, 3.8) is 0 Å². The van der Waals surface area contributed by atoms with Gasteiger partial charge in [-0.2, -0.15) is 5.10 Å². The smallest absolute Gasteiger partial charge is 0.152 e. The first-order valence-electron chi connectivity index (χ1n) is 6.67. The summed E-state index contributed by atoms with van der Waals surface area (Å²) in [6.07, 6.45) is 5.72. The molecule has 2 aromatic heterocycles. The molecule has 0 aliphatic carbocycles. The van der Waals surface area contributed by atoms with E-state index in [-0.39, 0.29) is 5.41 Å². The van der Waals surface area contributed by atoms with Gasteiger partial charge in [0, 0.05) is 30.2 Å². The second-order valence-corrected chi connectivity index (χ2v) is 6.09. The quantitative estimate of drug-likeness (QED) is 0.674. The predicted octanol–water partition coefficient (Wildman–Crippen LogP) is 3.46. The van der Waals surface area contributed by atoms with Crippen LogP contribution in [0.5, 0.6) is 0 Å². The van der Waals surface area contributed by atoms with E-state index < -0.39 is 0 Å². The van der Waals surface area contributed by atoms with E-state index in [4.69, 9.17) is 11.6 Å². The molecule has 104 valence electrons. The molecule has 0 aliphatic heterocycles. The van der Waals surface area contributed by atoms with Crippen molar-refractivity contribution in [1.82, 2.24) is 14.6 Å². The first-order chi connectivity index (χ1) is 9.02. The van der Waals surface area contributed by atoms with E-state index in [1.54, 1.807) is 6.20 Å². The zero-order valence-electron chi connectivity index (χ0n) is 11.8. The average Bonchev–Trinajstić information content (AvgIpc) is 2.79. The third kappa shape index (κ3) is 3.38. The van der Waals surface area contributed by atoms with Crippen molar-refractivity contribution in [2.45, 2.75) is 39.0 Å². The Labute approximate surface area is 119 Å². The van der Waals surface area contributed by atoms with Gasteiger partial charge >= 0.3 is 0 Å².